The molecule has 0 spiro atoms. The zero-order chi connectivity index (χ0) is 10.7. The molecule has 0 amide bonds. The minimum absolute atomic E-state index is 0.591. The van der Waals surface area contributed by atoms with E-state index >= 15 is 0 Å². The van der Waals surface area contributed by atoms with Gasteiger partial charge in [-0.15, -0.1) is 0 Å². The minimum Gasteiger partial charge on any atom is -0.198 e. The van der Waals surface area contributed by atoms with Crippen LogP contribution in [0.25, 0.3) is 10.8 Å². The first-order valence-corrected chi connectivity index (χ1v) is 5.17. The maximum Gasteiger partial charge on any atom is 0.0625 e. The van der Waals surface area contributed by atoms with E-state index in [1.807, 2.05) is 0 Å². The van der Waals surface area contributed by atoms with E-state index in [1.165, 1.54) is 21.9 Å². The van der Waals surface area contributed by atoms with E-state index in [1.54, 1.807) is 0 Å². The number of fused-ring (bicyclic) bond motifs is 1. The van der Waals surface area contributed by atoms with Crippen molar-refractivity contribution in [3.63, 3.8) is 0 Å². The molecule has 0 atom stereocenters. The van der Waals surface area contributed by atoms with Gasteiger partial charge in [-0.1, -0.05) is 36.4 Å². The van der Waals surface area contributed by atoms with Gasteiger partial charge >= 0.3 is 0 Å². The lowest BCUT2D eigenvalue weighted by atomic mass is 9.97. The van der Waals surface area contributed by atoms with Gasteiger partial charge in [-0.25, -0.2) is 0 Å². The summed E-state index contributed by atoms with van der Waals surface area (Å²) in [6.07, 6.45) is 1.44. The fourth-order valence-electron chi connectivity index (χ4n) is 2.02. The lowest BCUT2D eigenvalue weighted by Crippen LogP contribution is -1.88. The quantitative estimate of drug-likeness (QED) is 0.718. The highest BCUT2D eigenvalue weighted by Crippen LogP contribution is 2.23. The molecule has 0 aliphatic rings. The van der Waals surface area contributed by atoms with E-state index < -0.39 is 0 Å². The third-order valence-corrected chi connectivity index (χ3v) is 2.71. The summed E-state index contributed by atoms with van der Waals surface area (Å²) in [5, 5.41) is 11.2. The van der Waals surface area contributed by atoms with Gasteiger partial charge in [0.05, 0.1) is 6.07 Å². The summed E-state index contributed by atoms with van der Waals surface area (Å²) in [6, 6.07) is 14.8. The third-order valence-electron chi connectivity index (χ3n) is 2.71. The van der Waals surface area contributed by atoms with E-state index in [-0.39, 0.29) is 0 Å². The van der Waals surface area contributed by atoms with Gasteiger partial charge in [-0.3, -0.25) is 0 Å². The second-order valence-electron chi connectivity index (χ2n) is 3.75. The molecule has 0 heterocycles. The van der Waals surface area contributed by atoms with Gasteiger partial charge in [-0.05, 0) is 35.2 Å². The van der Waals surface area contributed by atoms with E-state index in [9.17, 15) is 0 Å². The van der Waals surface area contributed by atoms with Crippen molar-refractivity contribution in [3.8, 4) is 6.07 Å². The molecule has 2 aromatic carbocycles. The third kappa shape index (κ3) is 1.85. The van der Waals surface area contributed by atoms with Gasteiger partial charge in [0.25, 0.3) is 0 Å². The molecule has 0 bridgehead atoms. The predicted octanol–water partition coefficient (Wildman–Crippen LogP) is 3.60. The normalized spacial score (nSPS) is 10.1. The smallest absolute Gasteiger partial charge is 0.0625 e. The standard InChI is InChI=1S/C14H13N/c1-11-5-2-6-12-7-3-8-13(14(11)12)9-4-10-15/h2-3,5-8H,4,9H2,1H3. The molecular formula is C14H13N. The lowest BCUT2D eigenvalue weighted by molar-refractivity contribution is 1.02. The highest BCUT2D eigenvalue weighted by Gasteiger charge is 2.02. The van der Waals surface area contributed by atoms with Crippen molar-refractivity contribution in [1.29, 1.82) is 5.26 Å². The average Bonchev–Trinajstić information content (AvgIpc) is 2.26. The fourth-order valence-corrected chi connectivity index (χ4v) is 2.02. The molecular weight excluding hydrogens is 182 g/mol. The number of aryl methyl sites for hydroxylation is 2. The topological polar surface area (TPSA) is 23.8 Å². The minimum atomic E-state index is 0.591. The van der Waals surface area contributed by atoms with Crippen molar-refractivity contribution in [1.82, 2.24) is 0 Å². The van der Waals surface area contributed by atoms with Crippen LogP contribution in [0.2, 0.25) is 0 Å². The zero-order valence-electron chi connectivity index (χ0n) is 8.83. The number of nitriles is 1. The Bertz CT molecular complexity index is 515. The summed E-state index contributed by atoms with van der Waals surface area (Å²) in [5.74, 6) is 0. The first-order valence-electron chi connectivity index (χ1n) is 5.17. The summed E-state index contributed by atoms with van der Waals surface area (Å²) in [4.78, 5) is 0. The summed E-state index contributed by atoms with van der Waals surface area (Å²) >= 11 is 0. The molecule has 0 aliphatic heterocycles. The van der Waals surface area contributed by atoms with Crippen LogP contribution in [0.3, 0.4) is 0 Å². The molecule has 0 aromatic heterocycles. The Morgan fingerprint density at radius 1 is 1.13 bits per heavy atom. The highest BCUT2D eigenvalue weighted by molar-refractivity contribution is 5.88. The van der Waals surface area contributed by atoms with E-state index in [0.29, 0.717) is 6.42 Å². The summed E-state index contributed by atoms with van der Waals surface area (Å²) < 4.78 is 0. The number of hydrogen-bond donors (Lipinski definition) is 0. The Labute approximate surface area is 90.0 Å². The Morgan fingerprint density at radius 3 is 2.60 bits per heavy atom. The Kier molecular flexibility index (Phi) is 2.69. The van der Waals surface area contributed by atoms with Crippen molar-refractivity contribution < 1.29 is 0 Å². The van der Waals surface area contributed by atoms with Gasteiger partial charge in [-0.2, -0.15) is 5.26 Å². The van der Waals surface area contributed by atoms with Crippen molar-refractivity contribution in [2.45, 2.75) is 19.8 Å². The van der Waals surface area contributed by atoms with E-state index in [4.69, 9.17) is 5.26 Å². The van der Waals surface area contributed by atoms with Gasteiger partial charge in [0.1, 0.15) is 0 Å². The molecule has 1 nitrogen and oxygen atoms in total. The molecule has 0 aliphatic carbocycles. The monoisotopic (exact) mass is 195 g/mol. The molecule has 2 aromatic rings. The van der Waals surface area contributed by atoms with Crippen LogP contribution < -0.4 is 0 Å². The molecule has 0 fully saturated rings. The Morgan fingerprint density at radius 2 is 1.87 bits per heavy atom. The van der Waals surface area contributed by atoms with Gasteiger partial charge < -0.3 is 0 Å². The first kappa shape index (κ1) is 9.73. The molecule has 0 saturated carbocycles. The summed E-state index contributed by atoms with van der Waals surface area (Å²) in [5.41, 5.74) is 2.58. The maximum absolute atomic E-state index is 8.62. The average molecular weight is 195 g/mol. The Balaban J connectivity index is 2.59. The predicted molar refractivity (Wildman–Crippen MR) is 62.6 cm³/mol. The van der Waals surface area contributed by atoms with Crippen molar-refractivity contribution in [2.24, 2.45) is 0 Å². The number of nitrogens with zero attached hydrogens (tertiary/aromatic N) is 1. The molecule has 2 rings (SSSR count). The summed E-state index contributed by atoms with van der Waals surface area (Å²) in [6.45, 7) is 2.12. The molecule has 0 N–H and O–H groups in total. The van der Waals surface area contributed by atoms with Crippen LogP contribution in [-0.2, 0) is 6.42 Å². The van der Waals surface area contributed by atoms with Crippen molar-refractivity contribution in [2.75, 3.05) is 0 Å². The molecule has 15 heavy (non-hydrogen) atoms. The van der Waals surface area contributed by atoms with Crippen molar-refractivity contribution >= 4 is 10.8 Å². The SMILES string of the molecule is Cc1cccc2cccc(CCC#N)c12. The highest BCUT2D eigenvalue weighted by atomic mass is 14.2. The van der Waals surface area contributed by atoms with E-state index in [2.05, 4.69) is 49.4 Å². The van der Waals surface area contributed by atoms with Crippen LogP contribution in [0.4, 0.5) is 0 Å². The van der Waals surface area contributed by atoms with Crippen LogP contribution in [0.1, 0.15) is 17.5 Å². The molecule has 0 saturated heterocycles. The fraction of sp³-hybridized carbons (Fsp3) is 0.214. The molecule has 0 radical (unpaired) electrons. The van der Waals surface area contributed by atoms with Crippen LogP contribution >= 0.6 is 0 Å². The van der Waals surface area contributed by atoms with Crippen LogP contribution in [0.5, 0.6) is 0 Å². The van der Waals surface area contributed by atoms with E-state index in [0.717, 1.165) is 6.42 Å². The Hall–Kier alpha value is -1.81. The molecule has 0 unspecified atom stereocenters. The molecule has 1 heteroatoms. The van der Waals surface area contributed by atoms with Gasteiger partial charge in [0, 0.05) is 6.42 Å². The largest absolute Gasteiger partial charge is 0.198 e. The number of hydrogen-bond acceptors (Lipinski definition) is 1. The molecule has 74 valence electrons. The lowest BCUT2D eigenvalue weighted by Gasteiger charge is -2.07. The van der Waals surface area contributed by atoms with Crippen LogP contribution in [0, 0.1) is 18.3 Å². The number of benzene rings is 2. The zero-order valence-corrected chi connectivity index (χ0v) is 8.83. The second kappa shape index (κ2) is 4.14. The second-order valence-corrected chi connectivity index (χ2v) is 3.75. The van der Waals surface area contributed by atoms with Gasteiger partial charge in [0.15, 0.2) is 0 Å². The van der Waals surface area contributed by atoms with Crippen LogP contribution in [0.15, 0.2) is 36.4 Å². The first-order chi connectivity index (χ1) is 7.33. The maximum atomic E-state index is 8.62. The number of rotatable bonds is 2. The van der Waals surface area contributed by atoms with Gasteiger partial charge in [0.2, 0.25) is 0 Å². The van der Waals surface area contributed by atoms with Crippen LogP contribution in [-0.4, -0.2) is 0 Å². The summed E-state index contributed by atoms with van der Waals surface area (Å²) in [7, 11) is 0. The van der Waals surface area contributed by atoms with Crippen molar-refractivity contribution in [3.05, 3.63) is 47.5 Å².